The van der Waals surface area contributed by atoms with Crippen LogP contribution in [0, 0.1) is 0 Å². The van der Waals surface area contributed by atoms with E-state index in [9.17, 15) is 0 Å². The summed E-state index contributed by atoms with van der Waals surface area (Å²) in [6, 6.07) is 29.0. The van der Waals surface area contributed by atoms with Crippen molar-refractivity contribution in [3.8, 4) is 16.8 Å². The van der Waals surface area contributed by atoms with Crippen LogP contribution in [0.5, 0.6) is 0 Å². The van der Waals surface area contributed by atoms with Crippen molar-refractivity contribution in [3.05, 3.63) is 95.5 Å². The molecule has 2 heterocycles. The van der Waals surface area contributed by atoms with Crippen LogP contribution in [-0.2, 0) is 5.41 Å². The molecule has 3 heteroatoms. The minimum Gasteiger partial charge on any atom is -0.309 e. The molecular formula is C28H20N2S. The second-order valence-electron chi connectivity index (χ2n) is 8.91. The quantitative estimate of drug-likeness (QED) is 0.268. The first kappa shape index (κ1) is 17.3. The number of thiazole rings is 1. The Hall–Kier alpha value is -3.43. The molecule has 0 atom stereocenters. The summed E-state index contributed by atoms with van der Waals surface area (Å²) in [5.74, 6) is 0. The van der Waals surface area contributed by atoms with Gasteiger partial charge in [0.05, 0.1) is 26.8 Å². The molecule has 0 spiro atoms. The molecule has 0 saturated heterocycles. The van der Waals surface area contributed by atoms with Crippen LogP contribution in [0.15, 0.2) is 84.4 Å². The van der Waals surface area contributed by atoms with Crippen molar-refractivity contribution in [1.29, 1.82) is 0 Å². The van der Waals surface area contributed by atoms with Crippen LogP contribution in [0.1, 0.15) is 25.0 Å². The van der Waals surface area contributed by atoms with Gasteiger partial charge >= 0.3 is 0 Å². The highest BCUT2D eigenvalue weighted by molar-refractivity contribution is 7.16. The number of nitrogens with zero attached hydrogens (tertiary/aromatic N) is 2. The highest BCUT2D eigenvalue weighted by Crippen LogP contribution is 2.52. The number of fused-ring (bicyclic) bond motifs is 8. The van der Waals surface area contributed by atoms with E-state index in [4.69, 9.17) is 0 Å². The molecule has 7 rings (SSSR count). The van der Waals surface area contributed by atoms with Crippen molar-refractivity contribution in [2.24, 2.45) is 0 Å². The van der Waals surface area contributed by atoms with Crippen LogP contribution in [0.3, 0.4) is 0 Å². The fourth-order valence-corrected chi connectivity index (χ4v) is 6.20. The lowest BCUT2D eigenvalue weighted by Gasteiger charge is -2.21. The third-order valence-corrected chi connectivity index (χ3v) is 7.74. The largest absolute Gasteiger partial charge is 0.309 e. The van der Waals surface area contributed by atoms with Gasteiger partial charge in [-0.2, -0.15) is 0 Å². The highest BCUT2D eigenvalue weighted by atomic mass is 32.1. The van der Waals surface area contributed by atoms with E-state index in [1.165, 1.54) is 54.4 Å². The van der Waals surface area contributed by atoms with Crippen molar-refractivity contribution in [2.45, 2.75) is 19.3 Å². The average Bonchev–Trinajstić information content (AvgIpc) is 3.45. The number of hydrogen-bond donors (Lipinski definition) is 0. The molecule has 0 unspecified atom stereocenters. The third-order valence-electron chi connectivity index (χ3n) is 6.95. The fraction of sp³-hybridized carbons (Fsp3) is 0.107. The first-order chi connectivity index (χ1) is 15.1. The van der Waals surface area contributed by atoms with Crippen LogP contribution in [0.2, 0.25) is 0 Å². The van der Waals surface area contributed by atoms with Gasteiger partial charge in [0.2, 0.25) is 0 Å². The number of hydrogen-bond acceptors (Lipinski definition) is 2. The first-order valence-electron chi connectivity index (χ1n) is 10.6. The number of para-hydroxylation sites is 1. The zero-order valence-electron chi connectivity index (χ0n) is 17.4. The molecule has 0 saturated carbocycles. The normalized spacial score (nSPS) is 14.4. The lowest BCUT2D eigenvalue weighted by molar-refractivity contribution is 0.661. The van der Waals surface area contributed by atoms with Gasteiger partial charge in [-0.05, 0) is 41.0 Å². The monoisotopic (exact) mass is 416 g/mol. The molecule has 148 valence electrons. The molecule has 0 N–H and O–H groups in total. The maximum Gasteiger partial charge on any atom is 0.0813 e. The standard InChI is InChI=1S/C28H20N2S/c1-28(2)21-9-5-3-8-20(21)26-22(28)13-12-19-18-7-4-6-10-24(18)30(27(19)26)17-11-14-23-25(15-17)31-16-29-23/h3-16H,1-2H3. The predicted molar refractivity (Wildman–Crippen MR) is 132 cm³/mol. The van der Waals surface area contributed by atoms with Gasteiger partial charge in [0.15, 0.2) is 0 Å². The first-order valence-corrected chi connectivity index (χ1v) is 11.5. The Kier molecular flexibility index (Phi) is 3.25. The van der Waals surface area contributed by atoms with Crippen LogP contribution in [0.25, 0.3) is 48.8 Å². The van der Waals surface area contributed by atoms with Crippen LogP contribution < -0.4 is 0 Å². The molecule has 0 aliphatic heterocycles. The Bertz CT molecular complexity index is 1670. The van der Waals surface area contributed by atoms with E-state index in [1.807, 2.05) is 5.51 Å². The second kappa shape index (κ2) is 5.83. The summed E-state index contributed by atoms with van der Waals surface area (Å²) in [6.45, 7) is 4.69. The molecular weight excluding hydrogens is 396 g/mol. The molecule has 0 bridgehead atoms. The lowest BCUT2D eigenvalue weighted by atomic mass is 9.82. The average molecular weight is 417 g/mol. The maximum atomic E-state index is 4.48. The molecule has 2 nitrogen and oxygen atoms in total. The topological polar surface area (TPSA) is 17.8 Å². The fourth-order valence-electron chi connectivity index (χ4n) is 5.49. The van der Waals surface area contributed by atoms with Crippen LogP contribution in [0.4, 0.5) is 0 Å². The lowest BCUT2D eigenvalue weighted by Crippen LogP contribution is -2.14. The minimum absolute atomic E-state index is 0.0109. The van der Waals surface area contributed by atoms with Crippen molar-refractivity contribution in [3.63, 3.8) is 0 Å². The summed E-state index contributed by atoms with van der Waals surface area (Å²) in [4.78, 5) is 4.48. The Balaban J connectivity index is 1.71. The van der Waals surface area contributed by atoms with Gasteiger partial charge in [-0.1, -0.05) is 68.4 Å². The van der Waals surface area contributed by atoms with E-state index in [0.29, 0.717) is 0 Å². The maximum absolute atomic E-state index is 4.48. The van der Waals surface area contributed by atoms with Crippen LogP contribution >= 0.6 is 11.3 Å². The molecule has 1 aliphatic rings. The van der Waals surface area contributed by atoms with Gasteiger partial charge in [-0.25, -0.2) is 4.98 Å². The molecule has 0 amide bonds. The van der Waals surface area contributed by atoms with E-state index < -0.39 is 0 Å². The molecule has 2 aromatic heterocycles. The van der Waals surface area contributed by atoms with E-state index in [-0.39, 0.29) is 5.41 Å². The zero-order chi connectivity index (χ0) is 20.7. The molecule has 0 fully saturated rings. The number of benzene rings is 4. The van der Waals surface area contributed by atoms with Crippen molar-refractivity contribution >= 4 is 43.4 Å². The summed E-state index contributed by atoms with van der Waals surface area (Å²) < 4.78 is 3.68. The molecule has 6 aromatic rings. The predicted octanol–water partition coefficient (Wildman–Crippen LogP) is 7.70. The summed E-state index contributed by atoms with van der Waals surface area (Å²) in [7, 11) is 0. The van der Waals surface area contributed by atoms with Gasteiger partial charge in [0.1, 0.15) is 0 Å². The van der Waals surface area contributed by atoms with Crippen molar-refractivity contribution in [2.75, 3.05) is 0 Å². The highest BCUT2D eigenvalue weighted by Gasteiger charge is 2.37. The molecule has 4 aromatic carbocycles. The number of aromatic nitrogens is 2. The second-order valence-corrected chi connectivity index (χ2v) is 9.80. The van der Waals surface area contributed by atoms with Crippen LogP contribution in [-0.4, -0.2) is 9.55 Å². The Morgan fingerprint density at radius 1 is 0.806 bits per heavy atom. The summed E-state index contributed by atoms with van der Waals surface area (Å²) >= 11 is 1.70. The van der Waals surface area contributed by atoms with E-state index in [1.54, 1.807) is 11.3 Å². The van der Waals surface area contributed by atoms with Gasteiger partial charge in [0.25, 0.3) is 0 Å². The SMILES string of the molecule is CC1(C)c2ccccc2-c2c1ccc1c3ccccc3n(-c3ccc4ncsc4c3)c21. The van der Waals surface area contributed by atoms with Crippen molar-refractivity contribution in [1.82, 2.24) is 9.55 Å². The molecule has 1 aliphatic carbocycles. The van der Waals surface area contributed by atoms with E-state index in [0.717, 1.165) is 5.52 Å². The summed E-state index contributed by atoms with van der Waals surface area (Å²) in [5.41, 5.74) is 12.3. The van der Waals surface area contributed by atoms with E-state index >= 15 is 0 Å². The molecule has 0 radical (unpaired) electrons. The summed E-state index contributed by atoms with van der Waals surface area (Å²) in [5, 5.41) is 2.61. The van der Waals surface area contributed by atoms with Gasteiger partial charge in [0, 0.05) is 27.4 Å². The van der Waals surface area contributed by atoms with Gasteiger partial charge in [-0.15, -0.1) is 11.3 Å². The molecule has 31 heavy (non-hydrogen) atoms. The number of rotatable bonds is 1. The van der Waals surface area contributed by atoms with Gasteiger partial charge < -0.3 is 4.57 Å². The Morgan fingerprint density at radius 3 is 2.58 bits per heavy atom. The van der Waals surface area contributed by atoms with Crippen molar-refractivity contribution < 1.29 is 0 Å². The van der Waals surface area contributed by atoms with Gasteiger partial charge in [-0.3, -0.25) is 0 Å². The third kappa shape index (κ3) is 2.14. The summed E-state index contributed by atoms with van der Waals surface area (Å²) in [6.07, 6.45) is 0. The smallest absolute Gasteiger partial charge is 0.0813 e. The Morgan fingerprint density at radius 2 is 1.65 bits per heavy atom. The van der Waals surface area contributed by atoms with E-state index in [2.05, 4.69) is 102 Å². The minimum atomic E-state index is -0.0109. The Labute approximate surface area is 184 Å². The zero-order valence-corrected chi connectivity index (χ0v) is 18.2.